The Morgan fingerprint density at radius 2 is 1.66 bits per heavy atom. The molecule has 4 aromatic rings. The number of pyridine rings is 1. The van der Waals surface area contributed by atoms with Crippen molar-refractivity contribution in [3.63, 3.8) is 0 Å². The minimum Gasteiger partial charge on any atom is -0.325 e. The second-order valence-corrected chi connectivity index (χ2v) is 15.5. The molecule has 5 heterocycles. The van der Waals surface area contributed by atoms with Crippen LogP contribution in [0.25, 0.3) is 22.0 Å². The van der Waals surface area contributed by atoms with E-state index in [2.05, 4.69) is 49.2 Å². The van der Waals surface area contributed by atoms with Crippen molar-refractivity contribution in [2.75, 3.05) is 5.32 Å². The van der Waals surface area contributed by atoms with Crippen molar-refractivity contribution in [3.05, 3.63) is 63.9 Å². The van der Waals surface area contributed by atoms with Crippen LogP contribution in [0.1, 0.15) is 105 Å². The number of carbonyl (C=O) groups excluding carboxylic acids is 3. The predicted molar refractivity (Wildman–Crippen MR) is 197 cm³/mol. The summed E-state index contributed by atoms with van der Waals surface area (Å²) < 4.78 is 2.36. The van der Waals surface area contributed by atoms with E-state index >= 15 is 0 Å². The third kappa shape index (κ3) is 6.49. The summed E-state index contributed by atoms with van der Waals surface area (Å²) in [6.45, 7) is 7.47. The minimum atomic E-state index is -0.618. The molecule has 2 bridgehead atoms. The first-order chi connectivity index (χ1) is 24.1. The second-order valence-electron chi connectivity index (χ2n) is 14.7. The monoisotopic (exact) mass is 739 g/mol. The highest BCUT2D eigenvalue weighted by atomic mass is 79.9. The predicted octanol–water partition coefficient (Wildman–Crippen LogP) is 7.78. The number of anilines is 1. The zero-order chi connectivity index (χ0) is 35.2. The quantitative estimate of drug-likeness (QED) is 0.168. The third-order valence-electron chi connectivity index (χ3n) is 11.5. The topological polar surface area (TPSA) is 123 Å². The number of piperidine rings is 1. The molecule has 1 saturated carbocycles. The lowest BCUT2D eigenvalue weighted by atomic mass is 9.89. The Balaban J connectivity index is 1.29. The van der Waals surface area contributed by atoms with Crippen molar-refractivity contribution < 1.29 is 14.4 Å². The number of benzene rings is 1. The lowest BCUT2D eigenvalue weighted by Crippen LogP contribution is -2.47. The van der Waals surface area contributed by atoms with E-state index in [1.54, 1.807) is 4.68 Å². The molecule has 0 radical (unpaired) electrons. The highest BCUT2D eigenvalue weighted by molar-refractivity contribution is 9.10. The molecule has 1 aliphatic carbocycles. The Morgan fingerprint density at radius 1 is 0.960 bits per heavy atom. The lowest BCUT2D eigenvalue weighted by Gasteiger charge is -2.28. The molecule has 2 amide bonds. The molecular formula is C39H46BrN7O3. The molecule has 0 unspecified atom stereocenters. The number of nitrogens with one attached hydrogen (secondary N) is 1. The van der Waals surface area contributed by atoms with E-state index in [1.165, 1.54) is 39.0 Å². The standard InChI is InChI=1S/C39H46BrN7O3/c1-23-14-15-32(40)43-37(23)44-38(50)31-19-39-16-12-10-8-6-5-7-9-11-13-27-17-28(29-20-41-26(4)42-21-29)18-30-34(25(3)48)45-46(35(27)30)22-33(49)47(31)36(39)24(39)2/h14-15,17-18,20-21,24,31,36H,5-13,16,19,22H2,1-4H3,(H,43,44,50)/t24-,31-,36+,39-/m0/s1. The zero-order valence-electron chi connectivity index (χ0n) is 29.5. The second kappa shape index (κ2) is 14.0. The van der Waals surface area contributed by atoms with Gasteiger partial charge in [0.15, 0.2) is 5.78 Å². The first kappa shape index (κ1) is 34.5. The van der Waals surface area contributed by atoms with Crippen molar-refractivity contribution in [2.24, 2.45) is 11.3 Å². The van der Waals surface area contributed by atoms with Gasteiger partial charge >= 0.3 is 0 Å². The van der Waals surface area contributed by atoms with Crippen molar-refractivity contribution in [3.8, 4) is 11.1 Å². The molecule has 10 nitrogen and oxygen atoms in total. The molecule has 3 aliphatic rings. The molecule has 1 saturated heterocycles. The Kier molecular flexibility index (Phi) is 9.62. The van der Waals surface area contributed by atoms with E-state index < -0.39 is 6.04 Å². The van der Waals surface area contributed by atoms with E-state index in [-0.39, 0.29) is 35.6 Å². The van der Waals surface area contributed by atoms with Crippen molar-refractivity contribution in [2.45, 2.75) is 117 Å². The normalized spacial score (nSPS) is 24.4. The number of carbonyl (C=O) groups is 3. The molecule has 3 aromatic heterocycles. The SMILES string of the molecule is CC(=O)c1nn2c3c(cc(-c4cnc(C)nc4)cc13)CCCCCCCCCC[C@@]13C[C@@H](C(=O)Nc4nc(Br)ccc4C)N(C(=O)C2)[C@@H]1[C@@H]3C. The van der Waals surface area contributed by atoms with Gasteiger partial charge in [-0.1, -0.05) is 57.9 Å². The van der Waals surface area contributed by atoms with Gasteiger partial charge in [-0.05, 0) is 102 Å². The van der Waals surface area contributed by atoms with Gasteiger partial charge in [-0.15, -0.1) is 0 Å². The van der Waals surface area contributed by atoms with E-state index in [1.807, 2.05) is 49.3 Å². The summed E-state index contributed by atoms with van der Waals surface area (Å²) >= 11 is 3.43. The molecule has 50 heavy (non-hydrogen) atoms. The number of hydrogen-bond acceptors (Lipinski definition) is 7. The number of hydrogen-bond donors (Lipinski definition) is 1. The van der Waals surface area contributed by atoms with E-state index in [0.717, 1.165) is 65.3 Å². The minimum absolute atomic E-state index is 0.0112. The van der Waals surface area contributed by atoms with Crippen LogP contribution in [-0.2, 0) is 22.6 Å². The van der Waals surface area contributed by atoms with Gasteiger partial charge in [0.05, 0.1) is 5.52 Å². The first-order valence-corrected chi connectivity index (χ1v) is 19.0. The van der Waals surface area contributed by atoms with E-state index in [4.69, 9.17) is 5.10 Å². The summed E-state index contributed by atoms with van der Waals surface area (Å²) in [5.41, 5.74) is 4.77. The molecule has 2 aliphatic heterocycles. The fourth-order valence-corrected chi connectivity index (χ4v) is 9.03. The van der Waals surface area contributed by atoms with Crippen LogP contribution in [-0.4, -0.2) is 59.3 Å². The molecule has 1 aromatic carbocycles. The largest absolute Gasteiger partial charge is 0.325 e. The van der Waals surface area contributed by atoms with Crippen molar-refractivity contribution in [1.29, 1.82) is 0 Å². The summed E-state index contributed by atoms with van der Waals surface area (Å²) in [5, 5.41) is 8.60. The highest BCUT2D eigenvalue weighted by Gasteiger charge is 2.71. The third-order valence-corrected chi connectivity index (χ3v) is 11.9. The summed E-state index contributed by atoms with van der Waals surface area (Å²) in [6.07, 6.45) is 15.3. The van der Waals surface area contributed by atoms with Gasteiger partial charge in [0.1, 0.15) is 34.5 Å². The molecule has 2 fully saturated rings. The van der Waals surface area contributed by atoms with E-state index in [9.17, 15) is 14.4 Å². The average Bonchev–Trinajstić information content (AvgIpc) is 3.35. The summed E-state index contributed by atoms with van der Waals surface area (Å²) in [4.78, 5) is 57.0. The number of halogens is 1. The number of ketones is 1. The summed E-state index contributed by atoms with van der Waals surface area (Å²) in [7, 11) is 0. The van der Waals surface area contributed by atoms with Gasteiger partial charge in [-0.25, -0.2) is 15.0 Å². The molecule has 11 heteroatoms. The zero-order valence-corrected chi connectivity index (χ0v) is 31.1. The summed E-state index contributed by atoms with van der Waals surface area (Å²) in [6, 6.07) is 7.26. The Morgan fingerprint density at radius 3 is 2.38 bits per heavy atom. The molecule has 262 valence electrons. The van der Waals surface area contributed by atoms with Gasteiger partial charge in [-0.3, -0.25) is 19.1 Å². The van der Waals surface area contributed by atoms with Gasteiger partial charge in [0, 0.05) is 36.3 Å². The number of nitrogens with zero attached hydrogens (tertiary/aromatic N) is 6. The molecule has 4 atom stereocenters. The Hall–Kier alpha value is -3.99. The average molecular weight is 741 g/mol. The van der Waals surface area contributed by atoms with Crippen molar-refractivity contribution in [1.82, 2.24) is 29.6 Å². The Labute approximate surface area is 302 Å². The van der Waals surface area contributed by atoms with Crippen LogP contribution in [0.2, 0.25) is 0 Å². The number of rotatable bonds is 4. The van der Waals surface area contributed by atoms with Gasteiger partial charge in [0.25, 0.3) is 0 Å². The van der Waals surface area contributed by atoms with Gasteiger partial charge in [0.2, 0.25) is 11.8 Å². The van der Waals surface area contributed by atoms with E-state index in [0.29, 0.717) is 34.3 Å². The number of aryl methyl sites for hydroxylation is 3. The smallest absolute Gasteiger partial charge is 0.248 e. The van der Waals surface area contributed by atoms with Crippen LogP contribution in [0.3, 0.4) is 0 Å². The molecule has 0 spiro atoms. The molecule has 7 rings (SSSR count). The molecule has 1 N–H and O–H groups in total. The van der Waals surface area contributed by atoms with Crippen LogP contribution in [0.15, 0.2) is 41.3 Å². The van der Waals surface area contributed by atoms with Gasteiger partial charge in [-0.2, -0.15) is 5.10 Å². The number of aromatic nitrogens is 5. The number of Topliss-reactive ketones (excluding diaryl/α,β-unsaturated/α-hetero) is 1. The molecular weight excluding hydrogens is 694 g/mol. The maximum Gasteiger partial charge on any atom is 0.248 e. The fourth-order valence-electron chi connectivity index (χ4n) is 8.72. The van der Waals surface area contributed by atoms with Crippen LogP contribution in [0.5, 0.6) is 0 Å². The maximum atomic E-state index is 14.6. The fraction of sp³-hybridized carbons (Fsp3) is 0.513. The maximum absolute atomic E-state index is 14.6. The van der Waals surface area contributed by atoms with Crippen LogP contribution in [0, 0.1) is 25.2 Å². The number of amides is 2. The van der Waals surface area contributed by atoms with Gasteiger partial charge < -0.3 is 10.2 Å². The van der Waals surface area contributed by atoms with Crippen LogP contribution < -0.4 is 5.32 Å². The highest BCUT2D eigenvalue weighted by Crippen LogP contribution is 2.67. The van der Waals surface area contributed by atoms with Crippen molar-refractivity contribution >= 4 is 50.2 Å². The summed E-state index contributed by atoms with van der Waals surface area (Å²) in [5.74, 6) is 0.971. The van der Waals surface area contributed by atoms with Crippen LogP contribution in [0.4, 0.5) is 5.82 Å². The Bertz CT molecular complexity index is 1960. The first-order valence-electron chi connectivity index (χ1n) is 18.2. The lowest BCUT2D eigenvalue weighted by molar-refractivity contribution is -0.138. The van der Waals surface area contributed by atoms with Crippen LogP contribution >= 0.6 is 15.9 Å².